The first-order valence-corrected chi connectivity index (χ1v) is 4.13. The van der Waals surface area contributed by atoms with Gasteiger partial charge in [0, 0.05) is 5.56 Å². The lowest BCUT2D eigenvalue weighted by Gasteiger charge is -2.23. The second kappa shape index (κ2) is 2.52. The number of carbonyl (C=O) groups is 1. The fourth-order valence-corrected chi connectivity index (χ4v) is 1.52. The number of hydrogen-bond acceptors (Lipinski definition) is 1. The maximum atomic E-state index is 13.9. The Morgan fingerprint density at radius 2 is 1.92 bits per heavy atom. The lowest BCUT2D eigenvalue weighted by atomic mass is 9.85. The molecule has 13 heavy (non-hydrogen) atoms. The largest absolute Gasteiger partial charge is 0.291 e. The Bertz CT molecular complexity index is 391. The van der Waals surface area contributed by atoms with Gasteiger partial charge in [-0.15, -0.1) is 0 Å². The van der Waals surface area contributed by atoms with E-state index in [1.54, 1.807) is 24.3 Å². The van der Waals surface area contributed by atoms with Crippen LogP contribution >= 0.6 is 0 Å². The summed E-state index contributed by atoms with van der Waals surface area (Å²) >= 11 is 0. The van der Waals surface area contributed by atoms with Crippen LogP contribution in [0.25, 0.3) is 6.08 Å². The van der Waals surface area contributed by atoms with Gasteiger partial charge in [-0.05, 0) is 18.6 Å². The number of alkyl halides is 1. The van der Waals surface area contributed by atoms with Gasteiger partial charge in [0.15, 0.2) is 11.5 Å². The van der Waals surface area contributed by atoms with Crippen molar-refractivity contribution in [3.8, 4) is 0 Å². The number of benzene rings is 1. The molecule has 2 rings (SSSR count). The van der Waals surface area contributed by atoms with Crippen molar-refractivity contribution in [2.24, 2.45) is 0 Å². The molecule has 1 atom stereocenters. The molecule has 0 N–H and O–H groups in total. The van der Waals surface area contributed by atoms with Crippen LogP contribution in [-0.2, 0) is 10.5 Å². The van der Waals surface area contributed by atoms with Crippen LogP contribution in [0.3, 0.4) is 0 Å². The van der Waals surface area contributed by atoms with Crippen LogP contribution < -0.4 is 0 Å². The van der Waals surface area contributed by atoms with Gasteiger partial charge >= 0.3 is 0 Å². The zero-order chi connectivity index (χ0) is 9.47. The number of halogens is 1. The number of rotatable bonds is 0. The molecule has 0 aromatic heterocycles. The van der Waals surface area contributed by atoms with Crippen molar-refractivity contribution in [2.75, 3.05) is 0 Å². The summed E-state index contributed by atoms with van der Waals surface area (Å²) in [6.45, 7) is 1.30. The number of carbonyl (C=O) groups excluding carboxylic acids is 1. The lowest BCUT2D eigenvalue weighted by Crippen LogP contribution is -2.28. The fourth-order valence-electron chi connectivity index (χ4n) is 1.52. The summed E-state index contributed by atoms with van der Waals surface area (Å²) in [6, 6.07) is 7.02. The minimum absolute atomic E-state index is 0.461. The molecule has 1 aliphatic carbocycles. The van der Waals surface area contributed by atoms with Crippen molar-refractivity contribution in [3.05, 3.63) is 41.5 Å². The van der Waals surface area contributed by atoms with Crippen LogP contribution in [0.1, 0.15) is 18.1 Å². The summed E-state index contributed by atoms with van der Waals surface area (Å²) < 4.78 is 13.9. The van der Waals surface area contributed by atoms with Crippen molar-refractivity contribution in [3.63, 3.8) is 0 Å². The molecule has 0 aliphatic heterocycles. The van der Waals surface area contributed by atoms with E-state index in [0.717, 1.165) is 5.56 Å². The third-order valence-electron chi connectivity index (χ3n) is 2.34. The zero-order valence-electron chi connectivity index (χ0n) is 7.25. The molecule has 1 aromatic carbocycles. The highest BCUT2D eigenvalue weighted by atomic mass is 19.1. The Hall–Kier alpha value is -1.44. The average molecular weight is 176 g/mol. The molecule has 0 saturated carbocycles. The molecule has 0 saturated heterocycles. The number of fused-ring (bicyclic) bond motifs is 1. The smallest absolute Gasteiger partial charge is 0.197 e. The van der Waals surface area contributed by atoms with Crippen LogP contribution in [0, 0.1) is 0 Å². The molecule has 0 spiro atoms. The van der Waals surface area contributed by atoms with E-state index in [1.807, 2.05) is 6.07 Å². The first-order valence-electron chi connectivity index (χ1n) is 4.13. The zero-order valence-corrected chi connectivity index (χ0v) is 7.25. The Balaban J connectivity index is 2.68. The standard InChI is InChI=1S/C11H9FO/c1-11(12)9-5-3-2-4-8(9)6-7-10(11)13/h2-7H,1H3. The van der Waals surface area contributed by atoms with E-state index in [1.165, 1.54) is 13.0 Å². The molecule has 1 unspecified atom stereocenters. The van der Waals surface area contributed by atoms with Gasteiger partial charge in [0.25, 0.3) is 0 Å². The van der Waals surface area contributed by atoms with Crippen LogP contribution in [0.4, 0.5) is 4.39 Å². The van der Waals surface area contributed by atoms with Crippen molar-refractivity contribution in [1.82, 2.24) is 0 Å². The first-order chi connectivity index (χ1) is 6.12. The highest BCUT2D eigenvalue weighted by Gasteiger charge is 2.36. The van der Waals surface area contributed by atoms with E-state index in [2.05, 4.69) is 0 Å². The fraction of sp³-hybridized carbons (Fsp3) is 0.182. The number of allylic oxidation sites excluding steroid dienone is 1. The second-order valence-electron chi connectivity index (χ2n) is 3.29. The maximum absolute atomic E-state index is 13.9. The van der Waals surface area contributed by atoms with Gasteiger partial charge in [-0.1, -0.05) is 30.3 Å². The van der Waals surface area contributed by atoms with E-state index in [0.29, 0.717) is 5.56 Å². The normalized spacial score (nSPS) is 25.8. The van der Waals surface area contributed by atoms with Crippen LogP contribution in [0.15, 0.2) is 30.3 Å². The maximum Gasteiger partial charge on any atom is 0.197 e. The molecule has 66 valence electrons. The SMILES string of the molecule is CC1(F)C(=O)C=Cc2ccccc21. The van der Waals surface area contributed by atoms with Crippen molar-refractivity contribution < 1.29 is 9.18 Å². The average Bonchev–Trinajstić information content (AvgIpc) is 2.13. The highest BCUT2D eigenvalue weighted by molar-refractivity contribution is 6.03. The third-order valence-corrected chi connectivity index (χ3v) is 2.34. The number of ketones is 1. The predicted molar refractivity (Wildman–Crippen MR) is 48.9 cm³/mol. The quantitative estimate of drug-likeness (QED) is 0.593. The first kappa shape index (κ1) is 8.17. The lowest BCUT2D eigenvalue weighted by molar-refractivity contribution is -0.125. The topological polar surface area (TPSA) is 17.1 Å². The molecular weight excluding hydrogens is 167 g/mol. The van der Waals surface area contributed by atoms with E-state index in [4.69, 9.17) is 0 Å². The molecule has 2 heteroatoms. The molecule has 1 nitrogen and oxygen atoms in total. The molecule has 1 aliphatic rings. The summed E-state index contributed by atoms with van der Waals surface area (Å²) in [4.78, 5) is 11.2. The van der Waals surface area contributed by atoms with Gasteiger partial charge < -0.3 is 0 Å². The van der Waals surface area contributed by atoms with Gasteiger partial charge in [-0.2, -0.15) is 0 Å². The molecule has 0 amide bonds. The molecule has 0 fully saturated rings. The molecule has 1 aromatic rings. The second-order valence-corrected chi connectivity index (χ2v) is 3.29. The summed E-state index contributed by atoms with van der Waals surface area (Å²) in [5.74, 6) is -0.480. The van der Waals surface area contributed by atoms with Gasteiger partial charge in [-0.25, -0.2) is 4.39 Å². The van der Waals surface area contributed by atoms with E-state index in [-0.39, 0.29) is 0 Å². The summed E-state index contributed by atoms with van der Waals surface area (Å²) in [5, 5.41) is 0. The Morgan fingerprint density at radius 3 is 2.69 bits per heavy atom. The predicted octanol–water partition coefficient (Wildman–Crippen LogP) is 2.47. The van der Waals surface area contributed by atoms with Crippen molar-refractivity contribution in [1.29, 1.82) is 0 Å². The minimum Gasteiger partial charge on any atom is -0.291 e. The van der Waals surface area contributed by atoms with E-state index >= 15 is 0 Å². The van der Waals surface area contributed by atoms with Crippen molar-refractivity contribution in [2.45, 2.75) is 12.6 Å². The monoisotopic (exact) mass is 176 g/mol. The highest BCUT2D eigenvalue weighted by Crippen LogP contribution is 2.33. The molecule has 0 bridgehead atoms. The third kappa shape index (κ3) is 1.10. The molecular formula is C11H9FO. The van der Waals surface area contributed by atoms with Gasteiger partial charge in [0.1, 0.15) is 0 Å². The van der Waals surface area contributed by atoms with Gasteiger partial charge in [0.2, 0.25) is 0 Å². The summed E-state index contributed by atoms with van der Waals surface area (Å²) in [7, 11) is 0. The minimum atomic E-state index is -1.86. The Kier molecular flexibility index (Phi) is 1.59. The number of hydrogen-bond donors (Lipinski definition) is 0. The Labute approximate surface area is 75.9 Å². The van der Waals surface area contributed by atoms with Crippen LogP contribution in [-0.4, -0.2) is 5.78 Å². The van der Waals surface area contributed by atoms with Gasteiger partial charge in [-0.3, -0.25) is 4.79 Å². The Morgan fingerprint density at radius 1 is 1.23 bits per heavy atom. The van der Waals surface area contributed by atoms with Crippen LogP contribution in [0.2, 0.25) is 0 Å². The summed E-state index contributed by atoms with van der Waals surface area (Å²) in [5.41, 5.74) is -0.611. The van der Waals surface area contributed by atoms with Gasteiger partial charge in [0.05, 0.1) is 0 Å². The van der Waals surface area contributed by atoms with Crippen LogP contribution in [0.5, 0.6) is 0 Å². The van der Waals surface area contributed by atoms with Crippen molar-refractivity contribution >= 4 is 11.9 Å². The molecule has 0 heterocycles. The van der Waals surface area contributed by atoms with E-state index < -0.39 is 11.5 Å². The van der Waals surface area contributed by atoms with E-state index in [9.17, 15) is 9.18 Å². The molecule has 0 radical (unpaired) electrons. The summed E-state index contributed by atoms with van der Waals surface area (Å²) in [6.07, 6.45) is 2.95.